The predicted molar refractivity (Wildman–Crippen MR) is 143 cm³/mol. The Labute approximate surface area is 220 Å². The fourth-order valence-corrected chi connectivity index (χ4v) is 4.19. The summed E-state index contributed by atoms with van der Waals surface area (Å²) in [5.41, 5.74) is 13.7. The lowest BCUT2D eigenvalue weighted by Gasteiger charge is -2.15. The van der Waals surface area contributed by atoms with Crippen LogP contribution in [0.3, 0.4) is 0 Å². The normalized spacial score (nSPS) is 11.6. The lowest BCUT2D eigenvalue weighted by atomic mass is 9.91. The number of hydrogen-bond acceptors (Lipinski definition) is 4. The fourth-order valence-electron chi connectivity index (χ4n) is 4.19. The van der Waals surface area contributed by atoms with E-state index in [1.807, 2.05) is 91.0 Å². The summed E-state index contributed by atoms with van der Waals surface area (Å²) in [6.07, 6.45) is 0.589. The fraction of sp³-hybridized carbons (Fsp3) is 0.172. The zero-order chi connectivity index (χ0) is 26.9. The molecule has 7 N–H and O–H groups in total. The van der Waals surface area contributed by atoms with E-state index in [1.54, 1.807) is 0 Å². The maximum Gasteiger partial charge on any atom is 0.338 e. The number of carbonyl (C=O) groups is 2. The second kappa shape index (κ2) is 12.4. The molecule has 0 bridgehead atoms. The summed E-state index contributed by atoms with van der Waals surface area (Å²) < 4.78 is 6.17. The van der Waals surface area contributed by atoms with Crippen LogP contribution in [0, 0.1) is 0 Å². The molecule has 9 nitrogen and oxygen atoms in total. The van der Waals surface area contributed by atoms with Crippen LogP contribution < -0.4 is 21.8 Å². The van der Waals surface area contributed by atoms with Gasteiger partial charge in [0.05, 0.1) is 12.5 Å². The molecule has 1 heterocycles. The molecule has 0 aliphatic rings. The first-order valence-electron chi connectivity index (χ1n) is 12.3. The predicted octanol–water partition coefficient (Wildman–Crippen LogP) is 1.84. The number of carbonyl (C=O) groups excluding carboxylic acids is 1. The van der Waals surface area contributed by atoms with E-state index in [4.69, 9.17) is 20.9 Å². The van der Waals surface area contributed by atoms with Gasteiger partial charge in [0.2, 0.25) is 11.7 Å². The molecule has 1 amide bonds. The third kappa shape index (κ3) is 6.44. The van der Waals surface area contributed by atoms with Crippen LogP contribution in [0.4, 0.5) is 0 Å². The molecule has 0 unspecified atom stereocenters. The number of amides is 1. The average molecular weight is 513 g/mol. The van der Waals surface area contributed by atoms with Gasteiger partial charge in [0.15, 0.2) is 0 Å². The van der Waals surface area contributed by atoms with Crippen molar-refractivity contribution in [1.29, 1.82) is 0 Å². The molecular weight excluding hydrogens is 482 g/mol. The lowest BCUT2D eigenvalue weighted by Crippen LogP contribution is -2.78. The third-order valence-electron chi connectivity index (χ3n) is 6.01. The summed E-state index contributed by atoms with van der Waals surface area (Å²) in [5, 5.41) is 12.3. The minimum Gasteiger partial charge on any atom is -0.480 e. The van der Waals surface area contributed by atoms with E-state index in [2.05, 4.69) is 10.3 Å². The Kier molecular flexibility index (Phi) is 8.50. The van der Waals surface area contributed by atoms with E-state index in [9.17, 15) is 14.7 Å². The number of aromatic nitrogens is 1. The number of guanidine groups is 1. The van der Waals surface area contributed by atoms with Gasteiger partial charge in [-0.2, -0.15) is 0 Å². The summed E-state index contributed by atoms with van der Waals surface area (Å²) in [5.74, 6) is -1.86. The Morgan fingerprint density at radius 3 is 1.97 bits per heavy atom. The number of oxazole rings is 1. The number of nitrogens with zero attached hydrogens (tertiary/aromatic N) is 1. The molecule has 0 saturated carbocycles. The molecule has 0 radical (unpaired) electrons. The molecule has 0 aliphatic heterocycles. The smallest absolute Gasteiger partial charge is 0.338 e. The van der Waals surface area contributed by atoms with Crippen LogP contribution in [0.5, 0.6) is 0 Å². The number of aliphatic carboxylic acids is 1. The molecule has 38 heavy (non-hydrogen) atoms. The van der Waals surface area contributed by atoms with Gasteiger partial charge in [0.25, 0.3) is 5.91 Å². The van der Waals surface area contributed by atoms with Gasteiger partial charge < -0.3 is 14.8 Å². The Morgan fingerprint density at radius 2 is 1.45 bits per heavy atom. The minimum absolute atomic E-state index is 0.0491. The quantitative estimate of drug-likeness (QED) is 0.116. The van der Waals surface area contributed by atoms with E-state index >= 15 is 0 Å². The van der Waals surface area contributed by atoms with Crippen molar-refractivity contribution in [2.24, 2.45) is 11.5 Å². The zero-order valence-corrected chi connectivity index (χ0v) is 20.7. The van der Waals surface area contributed by atoms with Crippen molar-refractivity contribution >= 4 is 17.8 Å². The van der Waals surface area contributed by atoms with Crippen LogP contribution in [0.15, 0.2) is 95.4 Å². The molecule has 1 aromatic heterocycles. The monoisotopic (exact) mass is 512 g/mol. The third-order valence-corrected chi connectivity index (χ3v) is 6.01. The number of nitrogens with one attached hydrogen (secondary N) is 2. The first-order valence-corrected chi connectivity index (χ1v) is 12.3. The van der Waals surface area contributed by atoms with Crippen molar-refractivity contribution in [2.75, 3.05) is 6.54 Å². The van der Waals surface area contributed by atoms with E-state index in [-0.39, 0.29) is 24.1 Å². The van der Waals surface area contributed by atoms with Crippen LogP contribution in [-0.2, 0) is 4.79 Å². The van der Waals surface area contributed by atoms with E-state index < -0.39 is 17.9 Å². The van der Waals surface area contributed by atoms with Crippen LogP contribution in [0.1, 0.15) is 46.3 Å². The zero-order valence-electron chi connectivity index (χ0n) is 20.7. The summed E-state index contributed by atoms with van der Waals surface area (Å²) >= 11 is 0. The maximum absolute atomic E-state index is 13.4. The summed E-state index contributed by atoms with van der Waals surface area (Å²) in [6, 6.07) is 27.5. The van der Waals surface area contributed by atoms with E-state index in [0.29, 0.717) is 30.1 Å². The van der Waals surface area contributed by atoms with Gasteiger partial charge in [-0.15, -0.1) is 0 Å². The van der Waals surface area contributed by atoms with Crippen molar-refractivity contribution in [3.8, 4) is 11.3 Å². The van der Waals surface area contributed by atoms with Gasteiger partial charge in [0, 0.05) is 5.56 Å². The van der Waals surface area contributed by atoms with Crippen LogP contribution in [0.2, 0.25) is 0 Å². The molecule has 0 fully saturated rings. The topological polar surface area (TPSA) is 158 Å². The largest absolute Gasteiger partial charge is 0.480 e. The molecule has 194 valence electrons. The van der Waals surface area contributed by atoms with Crippen LogP contribution in [0.25, 0.3) is 11.3 Å². The highest BCUT2D eigenvalue weighted by Crippen LogP contribution is 2.35. The van der Waals surface area contributed by atoms with Crippen molar-refractivity contribution in [3.05, 3.63) is 114 Å². The van der Waals surface area contributed by atoms with E-state index in [1.165, 1.54) is 0 Å². The molecule has 4 rings (SSSR count). The van der Waals surface area contributed by atoms with Crippen LogP contribution >= 0.6 is 0 Å². The second-order valence-corrected chi connectivity index (χ2v) is 8.74. The molecule has 0 spiro atoms. The highest BCUT2D eigenvalue weighted by Gasteiger charge is 2.30. The number of nitrogens with two attached hydrogens (primary N) is 2. The minimum atomic E-state index is -1.16. The van der Waals surface area contributed by atoms with Gasteiger partial charge in [-0.3, -0.25) is 21.3 Å². The van der Waals surface area contributed by atoms with Gasteiger partial charge in [-0.1, -0.05) is 91.0 Å². The summed E-state index contributed by atoms with van der Waals surface area (Å²) in [7, 11) is 0. The van der Waals surface area contributed by atoms with Gasteiger partial charge >= 0.3 is 11.9 Å². The molecule has 3 aromatic carbocycles. The molecule has 0 aliphatic carbocycles. The summed E-state index contributed by atoms with van der Waals surface area (Å²) in [6.45, 7) is 0.375. The first-order chi connectivity index (χ1) is 18.4. The highest BCUT2D eigenvalue weighted by molar-refractivity contribution is 5.99. The SMILES string of the molecule is NC(N)=[NH+]CCC[C@H](NC(=O)c1oc(C(c2ccccc2)c2ccccc2)nc1-c1ccccc1)C(=O)O. The summed E-state index contributed by atoms with van der Waals surface area (Å²) in [4.78, 5) is 32.9. The Hall–Kier alpha value is -4.92. The second-order valence-electron chi connectivity index (χ2n) is 8.74. The van der Waals surface area contributed by atoms with Crippen molar-refractivity contribution in [1.82, 2.24) is 10.3 Å². The standard InChI is InChI=1S/C29H29N5O4/c30-29(31)32-18-10-17-22(28(36)37)33-26(35)25-24(21-15-8-3-9-16-21)34-27(38-25)23(19-11-4-1-5-12-19)20-13-6-2-7-14-20/h1-9,11-16,22-23H,10,17-18H2,(H,33,35)(H,36,37)(H4,30,31,32)/p+1/t22-/m0/s1. The van der Waals surface area contributed by atoms with Gasteiger partial charge in [-0.25, -0.2) is 9.78 Å². The van der Waals surface area contributed by atoms with Crippen molar-refractivity contribution in [3.63, 3.8) is 0 Å². The van der Waals surface area contributed by atoms with Crippen molar-refractivity contribution in [2.45, 2.75) is 24.8 Å². The number of rotatable bonds is 11. The molecule has 9 heteroatoms. The molecule has 0 saturated heterocycles. The molecule has 4 aromatic rings. The van der Waals surface area contributed by atoms with Crippen LogP contribution in [-0.4, -0.2) is 40.5 Å². The number of hydrogen-bond donors (Lipinski definition) is 5. The number of carboxylic acid groups (broad SMARTS) is 1. The van der Waals surface area contributed by atoms with Gasteiger partial charge in [0.1, 0.15) is 11.7 Å². The first kappa shape index (κ1) is 26.2. The Morgan fingerprint density at radius 1 is 0.895 bits per heavy atom. The van der Waals surface area contributed by atoms with Gasteiger partial charge in [-0.05, 0) is 24.0 Å². The Balaban J connectivity index is 1.72. The van der Waals surface area contributed by atoms with E-state index in [0.717, 1.165) is 11.1 Å². The molecule has 1 atom stereocenters. The highest BCUT2D eigenvalue weighted by atomic mass is 16.4. The average Bonchev–Trinajstić information content (AvgIpc) is 3.37. The number of carboxylic acids is 1. The molecular formula is C29H30N5O4+. The Bertz CT molecular complexity index is 1350. The van der Waals surface area contributed by atoms with Crippen molar-refractivity contribution < 1.29 is 24.1 Å². The maximum atomic E-state index is 13.4. The number of benzene rings is 3. The lowest BCUT2D eigenvalue weighted by molar-refractivity contribution is -0.459.